The average molecular weight is 322 g/mol. The molecule has 1 aromatic carbocycles. The van der Waals surface area contributed by atoms with E-state index in [2.05, 4.69) is 21.4 Å². The molecule has 2 aromatic rings. The number of hydrogen-bond donors (Lipinski definition) is 2. The van der Waals surface area contributed by atoms with Crippen molar-refractivity contribution in [3.63, 3.8) is 0 Å². The van der Waals surface area contributed by atoms with Crippen molar-refractivity contribution >= 4 is 21.8 Å². The van der Waals surface area contributed by atoms with Crippen LogP contribution < -0.4 is 16.8 Å². The van der Waals surface area contributed by atoms with E-state index >= 15 is 0 Å². The standard InChI is InChI=1S/C13H12BrN3O2/c14-11-7-9(13(19)16-15)4-5-10(11)8-17-6-2-1-3-12(17)18/h1-7H,8,15H2,(H,16,19). The van der Waals surface area contributed by atoms with E-state index in [0.717, 1.165) is 10.0 Å². The summed E-state index contributed by atoms with van der Waals surface area (Å²) in [4.78, 5) is 23.0. The number of halogens is 1. The molecule has 2 rings (SSSR count). The Morgan fingerprint density at radius 2 is 2.11 bits per heavy atom. The van der Waals surface area contributed by atoms with Crippen LogP contribution in [0.4, 0.5) is 0 Å². The molecule has 3 N–H and O–H groups in total. The summed E-state index contributed by atoms with van der Waals surface area (Å²) in [6.45, 7) is 0.435. The summed E-state index contributed by atoms with van der Waals surface area (Å²) in [5, 5.41) is 0. The van der Waals surface area contributed by atoms with Crippen LogP contribution in [0.3, 0.4) is 0 Å². The van der Waals surface area contributed by atoms with Crippen molar-refractivity contribution in [3.05, 3.63) is 68.5 Å². The summed E-state index contributed by atoms with van der Waals surface area (Å²) in [6.07, 6.45) is 1.72. The molecule has 19 heavy (non-hydrogen) atoms. The Labute approximate surface area is 118 Å². The SMILES string of the molecule is NNC(=O)c1ccc(Cn2ccccc2=O)c(Br)c1. The van der Waals surface area contributed by atoms with Crippen LogP contribution in [0.1, 0.15) is 15.9 Å². The molecule has 0 unspecified atom stereocenters. The first-order valence-corrected chi connectivity index (χ1v) is 6.36. The molecule has 0 fully saturated rings. The second-order valence-electron chi connectivity index (χ2n) is 3.95. The Balaban J connectivity index is 2.30. The predicted octanol–water partition coefficient (Wildman–Crippen LogP) is 1.26. The zero-order valence-electron chi connectivity index (χ0n) is 9.97. The van der Waals surface area contributed by atoms with Crippen molar-refractivity contribution in [1.82, 2.24) is 9.99 Å². The zero-order valence-corrected chi connectivity index (χ0v) is 11.6. The lowest BCUT2D eigenvalue weighted by atomic mass is 10.1. The van der Waals surface area contributed by atoms with Gasteiger partial charge < -0.3 is 4.57 Å². The molecule has 5 nitrogen and oxygen atoms in total. The molecule has 0 saturated heterocycles. The van der Waals surface area contributed by atoms with Crippen LogP contribution in [0, 0.1) is 0 Å². The highest BCUT2D eigenvalue weighted by Gasteiger charge is 2.07. The number of pyridine rings is 1. The van der Waals surface area contributed by atoms with Gasteiger partial charge in [-0.3, -0.25) is 15.0 Å². The second kappa shape index (κ2) is 5.81. The number of nitrogens with zero attached hydrogens (tertiary/aromatic N) is 1. The summed E-state index contributed by atoms with van der Waals surface area (Å²) >= 11 is 3.39. The van der Waals surface area contributed by atoms with E-state index in [9.17, 15) is 9.59 Å². The van der Waals surface area contributed by atoms with Crippen LogP contribution in [0.2, 0.25) is 0 Å². The Kier molecular flexibility index (Phi) is 4.13. The summed E-state index contributed by atoms with van der Waals surface area (Å²) in [6, 6.07) is 10.1. The molecule has 0 aliphatic rings. The lowest BCUT2D eigenvalue weighted by molar-refractivity contribution is 0.0953. The van der Waals surface area contributed by atoms with Gasteiger partial charge in [-0.25, -0.2) is 5.84 Å². The molecule has 6 heteroatoms. The van der Waals surface area contributed by atoms with Crippen molar-refractivity contribution in [2.45, 2.75) is 6.54 Å². The van der Waals surface area contributed by atoms with E-state index in [1.54, 1.807) is 41.1 Å². The molecule has 0 aliphatic heterocycles. The molecule has 0 atom stereocenters. The van der Waals surface area contributed by atoms with Gasteiger partial charge in [0.2, 0.25) is 0 Å². The maximum atomic E-state index is 11.6. The molecular weight excluding hydrogens is 310 g/mol. The smallest absolute Gasteiger partial charge is 0.265 e. The predicted molar refractivity (Wildman–Crippen MR) is 75.6 cm³/mol. The van der Waals surface area contributed by atoms with Crippen LogP contribution in [0.5, 0.6) is 0 Å². The second-order valence-corrected chi connectivity index (χ2v) is 4.80. The van der Waals surface area contributed by atoms with E-state index in [-0.39, 0.29) is 11.5 Å². The maximum absolute atomic E-state index is 11.6. The Bertz CT molecular complexity index is 667. The summed E-state index contributed by atoms with van der Waals surface area (Å²) in [5.41, 5.74) is 3.36. The summed E-state index contributed by atoms with van der Waals surface area (Å²) in [5.74, 6) is 4.72. The van der Waals surface area contributed by atoms with Crippen LogP contribution in [0.25, 0.3) is 0 Å². The van der Waals surface area contributed by atoms with Gasteiger partial charge >= 0.3 is 0 Å². The fourth-order valence-corrected chi connectivity index (χ4v) is 2.18. The molecule has 98 valence electrons. The van der Waals surface area contributed by atoms with Gasteiger partial charge in [-0.05, 0) is 23.8 Å². The van der Waals surface area contributed by atoms with Gasteiger partial charge in [-0.1, -0.05) is 28.1 Å². The van der Waals surface area contributed by atoms with E-state index in [1.165, 1.54) is 6.07 Å². The fraction of sp³-hybridized carbons (Fsp3) is 0.0769. The Morgan fingerprint density at radius 1 is 1.32 bits per heavy atom. The fourth-order valence-electron chi connectivity index (χ4n) is 1.67. The number of hydrogen-bond acceptors (Lipinski definition) is 3. The number of hydrazine groups is 1. The molecule has 1 amide bonds. The number of amides is 1. The number of aromatic nitrogens is 1. The number of carbonyl (C=O) groups excluding carboxylic acids is 1. The Hall–Kier alpha value is -1.92. The highest BCUT2D eigenvalue weighted by Crippen LogP contribution is 2.19. The highest BCUT2D eigenvalue weighted by atomic mass is 79.9. The average Bonchev–Trinajstić information content (AvgIpc) is 2.42. The molecule has 0 spiro atoms. The van der Waals surface area contributed by atoms with Crippen molar-refractivity contribution in [2.75, 3.05) is 0 Å². The van der Waals surface area contributed by atoms with Gasteiger partial charge in [0.25, 0.3) is 11.5 Å². The van der Waals surface area contributed by atoms with Crippen LogP contribution in [0.15, 0.2) is 51.9 Å². The number of rotatable bonds is 3. The monoisotopic (exact) mass is 321 g/mol. The van der Waals surface area contributed by atoms with E-state index in [1.807, 2.05) is 0 Å². The van der Waals surface area contributed by atoms with Gasteiger partial charge in [0, 0.05) is 22.3 Å². The van der Waals surface area contributed by atoms with Crippen molar-refractivity contribution < 1.29 is 4.79 Å². The van der Waals surface area contributed by atoms with E-state index in [0.29, 0.717) is 12.1 Å². The van der Waals surface area contributed by atoms with Crippen LogP contribution >= 0.6 is 15.9 Å². The first-order valence-electron chi connectivity index (χ1n) is 5.56. The lowest BCUT2D eigenvalue weighted by Gasteiger charge is -2.08. The molecular formula is C13H12BrN3O2. The third kappa shape index (κ3) is 3.10. The minimum absolute atomic E-state index is 0.0711. The highest BCUT2D eigenvalue weighted by molar-refractivity contribution is 9.10. The van der Waals surface area contributed by atoms with Crippen molar-refractivity contribution in [3.8, 4) is 0 Å². The minimum atomic E-state index is -0.357. The van der Waals surface area contributed by atoms with Gasteiger partial charge in [0.15, 0.2) is 0 Å². The first-order chi connectivity index (χ1) is 9.11. The van der Waals surface area contributed by atoms with Gasteiger partial charge in [0.05, 0.1) is 6.54 Å². The summed E-state index contributed by atoms with van der Waals surface area (Å²) in [7, 11) is 0. The Morgan fingerprint density at radius 3 is 2.74 bits per heavy atom. The maximum Gasteiger partial charge on any atom is 0.265 e. The molecule has 0 saturated carbocycles. The van der Waals surface area contributed by atoms with Crippen molar-refractivity contribution in [1.29, 1.82) is 0 Å². The number of nitrogen functional groups attached to an aromatic ring is 1. The largest absolute Gasteiger partial charge is 0.311 e. The van der Waals surface area contributed by atoms with Crippen molar-refractivity contribution in [2.24, 2.45) is 5.84 Å². The van der Waals surface area contributed by atoms with Gasteiger partial charge in [0.1, 0.15) is 0 Å². The normalized spacial score (nSPS) is 10.2. The number of carbonyl (C=O) groups is 1. The lowest BCUT2D eigenvalue weighted by Crippen LogP contribution is -2.30. The quantitative estimate of drug-likeness (QED) is 0.507. The molecule has 0 radical (unpaired) electrons. The van der Waals surface area contributed by atoms with E-state index in [4.69, 9.17) is 5.84 Å². The number of benzene rings is 1. The molecule has 0 aliphatic carbocycles. The number of nitrogens with two attached hydrogens (primary N) is 1. The molecule has 0 bridgehead atoms. The first kappa shape index (κ1) is 13.5. The summed E-state index contributed by atoms with van der Waals surface area (Å²) < 4.78 is 2.34. The van der Waals surface area contributed by atoms with Gasteiger partial charge in [-0.2, -0.15) is 0 Å². The molecule has 1 aromatic heterocycles. The molecule has 1 heterocycles. The third-order valence-corrected chi connectivity index (χ3v) is 3.42. The topological polar surface area (TPSA) is 77.1 Å². The van der Waals surface area contributed by atoms with E-state index < -0.39 is 0 Å². The van der Waals surface area contributed by atoms with Crippen LogP contribution in [-0.4, -0.2) is 10.5 Å². The number of nitrogens with one attached hydrogen (secondary N) is 1. The minimum Gasteiger partial charge on any atom is -0.311 e. The van der Waals surface area contributed by atoms with Gasteiger partial charge in [-0.15, -0.1) is 0 Å². The third-order valence-electron chi connectivity index (χ3n) is 2.69. The zero-order chi connectivity index (χ0) is 13.8. The van der Waals surface area contributed by atoms with Crippen LogP contribution in [-0.2, 0) is 6.54 Å².